The lowest BCUT2D eigenvalue weighted by molar-refractivity contribution is -0.0999. The number of amides is 1. The molecule has 5 nitrogen and oxygen atoms in total. The van der Waals surface area contributed by atoms with Crippen molar-refractivity contribution >= 4 is 6.09 Å². The standard InChI is InChI=1S/C6H13NO4/c1-6(2,4-8)11-7-5(9)10-3/h8H,4H2,1-3H3,(H,7,9). The number of carbonyl (C=O) groups is 1. The fraction of sp³-hybridized carbons (Fsp3) is 0.833. The van der Waals surface area contributed by atoms with Gasteiger partial charge in [-0.25, -0.2) is 4.79 Å². The number of hydroxylamine groups is 1. The van der Waals surface area contributed by atoms with Crippen molar-refractivity contribution in [3.8, 4) is 0 Å². The van der Waals surface area contributed by atoms with E-state index in [0.717, 1.165) is 0 Å². The first-order chi connectivity index (χ1) is 5.02. The van der Waals surface area contributed by atoms with Crippen molar-refractivity contribution in [3.63, 3.8) is 0 Å². The molecule has 0 radical (unpaired) electrons. The lowest BCUT2D eigenvalue weighted by Gasteiger charge is -2.20. The van der Waals surface area contributed by atoms with Gasteiger partial charge in [0.25, 0.3) is 0 Å². The summed E-state index contributed by atoms with van der Waals surface area (Å²) in [4.78, 5) is 15.2. The van der Waals surface area contributed by atoms with Crippen LogP contribution in [0, 0.1) is 0 Å². The minimum Gasteiger partial charge on any atom is -0.451 e. The second kappa shape index (κ2) is 4.15. The Morgan fingerprint density at radius 2 is 2.18 bits per heavy atom. The summed E-state index contributed by atoms with van der Waals surface area (Å²) >= 11 is 0. The van der Waals surface area contributed by atoms with Gasteiger partial charge in [-0.15, -0.1) is 0 Å². The molecule has 0 rings (SSSR count). The van der Waals surface area contributed by atoms with Crippen molar-refractivity contribution in [1.82, 2.24) is 5.48 Å². The largest absolute Gasteiger partial charge is 0.451 e. The number of methoxy groups -OCH3 is 1. The predicted octanol–water partition coefficient (Wildman–Crippen LogP) is 0.0449. The molecule has 0 aromatic carbocycles. The van der Waals surface area contributed by atoms with Gasteiger partial charge in [-0.2, -0.15) is 5.48 Å². The van der Waals surface area contributed by atoms with Gasteiger partial charge in [0.15, 0.2) is 0 Å². The molecular formula is C6H13NO4. The van der Waals surface area contributed by atoms with Crippen LogP contribution in [-0.2, 0) is 9.57 Å². The molecule has 0 heterocycles. The molecule has 11 heavy (non-hydrogen) atoms. The highest BCUT2D eigenvalue weighted by Gasteiger charge is 2.18. The molecule has 0 aromatic rings. The van der Waals surface area contributed by atoms with Crippen molar-refractivity contribution in [1.29, 1.82) is 0 Å². The highest BCUT2D eigenvalue weighted by molar-refractivity contribution is 5.65. The molecule has 0 atom stereocenters. The molecule has 2 N–H and O–H groups in total. The third-order valence-electron chi connectivity index (χ3n) is 0.977. The summed E-state index contributed by atoms with van der Waals surface area (Å²) in [6.45, 7) is 3.07. The van der Waals surface area contributed by atoms with Gasteiger partial charge in [0.05, 0.1) is 13.7 Å². The molecule has 0 aromatic heterocycles. The smallest absolute Gasteiger partial charge is 0.431 e. The number of hydrogen-bond acceptors (Lipinski definition) is 4. The number of aliphatic hydroxyl groups excluding tert-OH is 1. The first-order valence-electron chi connectivity index (χ1n) is 3.14. The van der Waals surface area contributed by atoms with E-state index in [0.29, 0.717) is 0 Å². The van der Waals surface area contributed by atoms with Crippen LogP contribution in [-0.4, -0.2) is 30.5 Å². The van der Waals surface area contributed by atoms with Crippen LogP contribution >= 0.6 is 0 Å². The quantitative estimate of drug-likeness (QED) is 0.576. The summed E-state index contributed by atoms with van der Waals surface area (Å²) in [6.07, 6.45) is -0.688. The molecule has 0 aliphatic carbocycles. The zero-order valence-electron chi connectivity index (χ0n) is 6.88. The van der Waals surface area contributed by atoms with Crippen LogP contribution in [0.5, 0.6) is 0 Å². The zero-order valence-corrected chi connectivity index (χ0v) is 6.88. The molecule has 0 fully saturated rings. The minimum absolute atomic E-state index is 0.184. The molecule has 0 saturated heterocycles. The normalized spacial score (nSPS) is 10.9. The Bertz CT molecular complexity index is 135. The molecule has 0 bridgehead atoms. The molecule has 5 heteroatoms. The Morgan fingerprint density at radius 3 is 2.55 bits per heavy atom. The Hall–Kier alpha value is -0.810. The van der Waals surface area contributed by atoms with Crippen LogP contribution in [0.25, 0.3) is 0 Å². The molecular weight excluding hydrogens is 150 g/mol. The molecule has 66 valence electrons. The second-order valence-corrected chi connectivity index (χ2v) is 2.61. The summed E-state index contributed by atoms with van der Waals surface area (Å²) in [7, 11) is 1.23. The van der Waals surface area contributed by atoms with Gasteiger partial charge in [0.2, 0.25) is 0 Å². The van der Waals surface area contributed by atoms with Crippen molar-refractivity contribution in [2.75, 3.05) is 13.7 Å². The van der Waals surface area contributed by atoms with Crippen LogP contribution < -0.4 is 5.48 Å². The highest BCUT2D eigenvalue weighted by atomic mass is 16.7. The lowest BCUT2D eigenvalue weighted by atomic mass is 10.2. The third-order valence-corrected chi connectivity index (χ3v) is 0.977. The molecule has 0 unspecified atom stereocenters. The van der Waals surface area contributed by atoms with E-state index in [9.17, 15) is 4.79 Å². The average Bonchev–Trinajstić information content (AvgIpc) is 2.00. The van der Waals surface area contributed by atoms with E-state index in [1.807, 2.05) is 5.48 Å². The van der Waals surface area contributed by atoms with E-state index in [4.69, 9.17) is 9.94 Å². The fourth-order valence-electron chi connectivity index (χ4n) is 0.254. The van der Waals surface area contributed by atoms with Gasteiger partial charge in [-0.05, 0) is 13.8 Å². The van der Waals surface area contributed by atoms with Crippen molar-refractivity contribution < 1.29 is 19.5 Å². The van der Waals surface area contributed by atoms with Gasteiger partial charge >= 0.3 is 6.09 Å². The first kappa shape index (κ1) is 10.2. The van der Waals surface area contributed by atoms with E-state index >= 15 is 0 Å². The Labute approximate surface area is 65.3 Å². The summed E-state index contributed by atoms with van der Waals surface area (Å²) in [5.41, 5.74) is 1.22. The number of carbonyl (C=O) groups excluding carboxylic acids is 1. The van der Waals surface area contributed by atoms with Gasteiger partial charge in [0, 0.05) is 0 Å². The predicted molar refractivity (Wildman–Crippen MR) is 37.8 cm³/mol. The van der Waals surface area contributed by atoms with Gasteiger partial charge in [-0.3, -0.25) is 4.84 Å². The van der Waals surface area contributed by atoms with E-state index in [1.165, 1.54) is 7.11 Å². The zero-order chi connectivity index (χ0) is 8.91. The summed E-state index contributed by atoms with van der Waals surface area (Å²) in [5.74, 6) is 0. The van der Waals surface area contributed by atoms with E-state index < -0.39 is 11.7 Å². The molecule has 0 aliphatic heterocycles. The maximum atomic E-state index is 10.4. The number of ether oxygens (including phenoxy) is 1. The fourth-order valence-corrected chi connectivity index (χ4v) is 0.254. The van der Waals surface area contributed by atoms with E-state index in [-0.39, 0.29) is 6.61 Å². The molecule has 0 aliphatic rings. The van der Waals surface area contributed by atoms with Crippen LogP contribution in [0.3, 0.4) is 0 Å². The topological polar surface area (TPSA) is 67.8 Å². The summed E-state index contributed by atoms with van der Waals surface area (Å²) in [6, 6.07) is 0. The van der Waals surface area contributed by atoms with Gasteiger partial charge in [-0.1, -0.05) is 0 Å². The van der Waals surface area contributed by atoms with Crippen LogP contribution in [0.4, 0.5) is 4.79 Å². The first-order valence-corrected chi connectivity index (χ1v) is 3.14. The maximum absolute atomic E-state index is 10.4. The number of aliphatic hydroxyl groups is 1. The van der Waals surface area contributed by atoms with E-state index in [1.54, 1.807) is 13.8 Å². The molecule has 0 saturated carbocycles. The monoisotopic (exact) mass is 163 g/mol. The van der Waals surface area contributed by atoms with Crippen LogP contribution in [0.15, 0.2) is 0 Å². The number of rotatable bonds is 3. The SMILES string of the molecule is COC(=O)NOC(C)(C)CO. The lowest BCUT2D eigenvalue weighted by Crippen LogP contribution is -2.38. The van der Waals surface area contributed by atoms with Crippen LogP contribution in [0.1, 0.15) is 13.8 Å². The number of nitrogens with one attached hydrogen (secondary N) is 1. The second-order valence-electron chi connectivity index (χ2n) is 2.61. The minimum atomic E-state index is -0.784. The third kappa shape index (κ3) is 4.58. The Kier molecular flexibility index (Phi) is 3.84. The molecule has 0 spiro atoms. The summed E-state index contributed by atoms with van der Waals surface area (Å²) in [5, 5.41) is 8.66. The Morgan fingerprint density at radius 1 is 1.64 bits per heavy atom. The van der Waals surface area contributed by atoms with Crippen molar-refractivity contribution in [3.05, 3.63) is 0 Å². The van der Waals surface area contributed by atoms with Crippen molar-refractivity contribution in [2.45, 2.75) is 19.4 Å². The molecule has 1 amide bonds. The average molecular weight is 163 g/mol. The number of hydrogen-bond donors (Lipinski definition) is 2. The van der Waals surface area contributed by atoms with Crippen molar-refractivity contribution in [2.24, 2.45) is 0 Å². The summed E-state index contributed by atoms with van der Waals surface area (Å²) < 4.78 is 4.23. The van der Waals surface area contributed by atoms with Crippen LogP contribution in [0.2, 0.25) is 0 Å². The Balaban J connectivity index is 3.61. The van der Waals surface area contributed by atoms with Gasteiger partial charge in [0.1, 0.15) is 5.60 Å². The van der Waals surface area contributed by atoms with E-state index in [2.05, 4.69) is 4.74 Å². The maximum Gasteiger partial charge on any atom is 0.431 e. The highest BCUT2D eigenvalue weighted by Crippen LogP contribution is 2.04. The van der Waals surface area contributed by atoms with Gasteiger partial charge < -0.3 is 9.84 Å².